The summed E-state index contributed by atoms with van der Waals surface area (Å²) < 4.78 is 5.53. The van der Waals surface area contributed by atoms with Crippen LogP contribution in [0.1, 0.15) is 50.8 Å². The fraction of sp³-hybridized carbons (Fsp3) is 0.625. The SMILES string of the molecule is CCCNCc1cc(C)c(C(C)(C)C)cc1OC. The smallest absolute Gasteiger partial charge is 0.123 e. The molecular formula is C16H27NO. The molecule has 0 aliphatic rings. The topological polar surface area (TPSA) is 21.3 Å². The zero-order valence-electron chi connectivity index (χ0n) is 12.7. The highest BCUT2D eigenvalue weighted by atomic mass is 16.5. The largest absolute Gasteiger partial charge is 0.496 e. The lowest BCUT2D eigenvalue weighted by molar-refractivity contribution is 0.405. The van der Waals surface area contributed by atoms with Crippen LogP contribution in [-0.2, 0) is 12.0 Å². The van der Waals surface area contributed by atoms with E-state index in [1.54, 1.807) is 7.11 Å². The molecule has 0 fully saturated rings. The van der Waals surface area contributed by atoms with E-state index in [0.717, 1.165) is 25.3 Å². The molecule has 1 aromatic rings. The molecule has 0 saturated carbocycles. The fourth-order valence-corrected chi connectivity index (χ4v) is 2.28. The predicted molar refractivity (Wildman–Crippen MR) is 78.4 cm³/mol. The lowest BCUT2D eigenvalue weighted by atomic mass is 9.83. The molecule has 1 N–H and O–H groups in total. The van der Waals surface area contributed by atoms with Crippen LogP contribution in [0.3, 0.4) is 0 Å². The molecule has 1 aromatic carbocycles. The van der Waals surface area contributed by atoms with Gasteiger partial charge in [-0.15, -0.1) is 0 Å². The quantitative estimate of drug-likeness (QED) is 0.801. The van der Waals surface area contributed by atoms with E-state index in [1.807, 2.05) is 0 Å². The first-order chi connectivity index (χ1) is 8.40. The molecule has 2 nitrogen and oxygen atoms in total. The second-order valence-corrected chi connectivity index (χ2v) is 5.91. The normalized spacial score (nSPS) is 11.7. The zero-order chi connectivity index (χ0) is 13.8. The molecule has 0 spiro atoms. The summed E-state index contributed by atoms with van der Waals surface area (Å²) in [7, 11) is 1.75. The number of ether oxygens (including phenoxy) is 1. The molecule has 0 unspecified atom stereocenters. The molecule has 18 heavy (non-hydrogen) atoms. The Morgan fingerprint density at radius 1 is 1.22 bits per heavy atom. The maximum Gasteiger partial charge on any atom is 0.123 e. The number of benzene rings is 1. The Kier molecular flexibility index (Phi) is 5.21. The number of aryl methyl sites for hydroxylation is 1. The third-order valence-electron chi connectivity index (χ3n) is 3.18. The van der Waals surface area contributed by atoms with E-state index in [9.17, 15) is 0 Å². The summed E-state index contributed by atoms with van der Waals surface area (Å²) >= 11 is 0. The lowest BCUT2D eigenvalue weighted by Crippen LogP contribution is -2.17. The van der Waals surface area contributed by atoms with Crippen molar-refractivity contribution < 1.29 is 4.74 Å². The first-order valence-corrected chi connectivity index (χ1v) is 6.78. The Morgan fingerprint density at radius 3 is 2.39 bits per heavy atom. The van der Waals surface area contributed by atoms with Crippen LogP contribution in [0.2, 0.25) is 0 Å². The van der Waals surface area contributed by atoms with Gasteiger partial charge in [-0.3, -0.25) is 0 Å². The van der Waals surface area contributed by atoms with Crippen molar-refractivity contribution in [2.24, 2.45) is 0 Å². The van der Waals surface area contributed by atoms with Gasteiger partial charge in [0.05, 0.1) is 7.11 Å². The van der Waals surface area contributed by atoms with E-state index in [0.29, 0.717) is 0 Å². The van der Waals surface area contributed by atoms with Gasteiger partial charge in [0.2, 0.25) is 0 Å². The van der Waals surface area contributed by atoms with Crippen molar-refractivity contribution in [1.29, 1.82) is 0 Å². The monoisotopic (exact) mass is 249 g/mol. The van der Waals surface area contributed by atoms with Crippen molar-refractivity contribution in [2.45, 2.75) is 53.0 Å². The minimum atomic E-state index is 0.159. The summed E-state index contributed by atoms with van der Waals surface area (Å²) in [6.07, 6.45) is 1.15. The Labute approximate surface area is 112 Å². The minimum absolute atomic E-state index is 0.159. The highest BCUT2D eigenvalue weighted by molar-refractivity contribution is 5.45. The van der Waals surface area contributed by atoms with Crippen LogP contribution in [0.15, 0.2) is 12.1 Å². The second-order valence-electron chi connectivity index (χ2n) is 5.91. The van der Waals surface area contributed by atoms with Crippen molar-refractivity contribution in [3.8, 4) is 5.75 Å². The van der Waals surface area contributed by atoms with Crippen molar-refractivity contribution in [3.05, 3.63) is 28.8 Å². The van der Waals surface area contributed by atoms with E-state index in [-0.39, 0.29) is 5.41 Å². The van der Waals surface area contributed by atoms with E-state index in [1.165, 1.54) is 16.7 Å². The highest BCUT2D eigenvalue weighted by Crippen LogP contribution is 2.31. The van der Waals surface area contributed by atoms with Gasteiger partial charge >= 0.3 is 0 Å². The molecule has 0 aliphatic heterocycles. The second kappa shape index (κ2) is 6.24. The van der Waals surface area contributed by atoms with Crippen LogP contribution in [0.5, 0.6) is 5.75 Å². The maximum atomic E-state index is 5.53. The molecule has 2 heteroatoms. The first-order valence-electron chi connectivity index (χ1n) is 6.78. The molecule has 102 valence electrons. The lowest BCUT2D eigenvalue weighted by Gasteiger charge is -2.24. The van der Waals surface area contributed by atoms with Gasteiger partial charge in [-0.05, 0) is 42.5 Å². The fourth-order valence-electron chi connectivity index (χ4n) is 2.28. The van der Waals surface area contributed by atoms with Gasteiger partial charge in [0, 0.05) is 12.1 Å². The Hall–Kier alpha value is -1.02. The molecule has 0 atom stereocenters. The van der Waals surface area contributed by atoms with Gasteiger partial charge in [0.25, 0.3) is 0 Å². The van der Waals surface area contributed by atoms with Crippen LogP contribution < -0.4 is 10.1 Å². The Balaban J connectivity index is 3.03. The number of methoxy groups -OCH3 is 1. The number of rotatable bonds is 5. The Morgan fingerprint density at radius 2 is 1.89 bits per heavy atom. The molecule has 0 bridgehead atoms. The molecule has 0 aliphatic carbocycles. The van der Waals surface area contributed by atoms with Crippen molar-refractivity contribution >= 4 is 0 Å². The van der Waals surface area contributed by atoms with Crippen molar-refractivity contribution in [2.75, 3.05) is 13.7 Å². The van der Waals surface area contributed by atoms with Crippen LogP contribution in [-0.4, -0.2) is 13.7 Å². The summed E-state index contributed by atoms with van der Waals surface area (Å²) in [5, 5.41) is 3.43. The average Bonchev–Trinajstić information content (AvgIpc) is 2.28. The van der Waals surface area contributed by atoms with E-state index in [2.05, 4.69) is 52.1 Å². The van der Waals surface area contributed by atoms with Gasteiger partial charge < -0.3 is 10.1 Å². The summed E-state index contributed by atoms with van der Waals surface area (Å²) in [4.78, 5) is 0. The summed E-state index contributed by atoms with van der Waals surface area (Å²) in [6.45, 7) is 13.0. The van der Waals surface area contributed by atoms with Crippen LogP contribution >= 0.6 is 0 Å². The number of hydrogen-bond donors (Lipinski definition) is 1. The van der Waals surface area contributed by atoms with E-state index in [4.69, 9.17) is 4.74 Å². The Bertz CT molecular complexity index is 391. The van der Waals surface area contributed by atoms with Crippen molar-refractivity contribution in [3.63, 3.8) is 0 Å². The van der Waals surface area contributed by atoms with E-state index < -0.39 is 0 Å². The predicted octanol–water partition coefficient (Wildman–Crippen LogP) is 3.80. The van der Waals surface area contributed by atoms with Crippen molar-refractivity contribution in [1.82, 2.24) is 5.32 Å². The first kappa shape index (κ1) is 15.0. The number of hydrogen-bond acceptors (Lipinski definition) is 2. The maximum absolute atomic E-state index is 5.53. The highest BCUT2D eigenvalue weighted by Gasteiger charge is 2.18. The summed E-state index contributed by atoms with van der Waals surface area (Å²) in [5.74, 6) is 0.995. The van der Waals surface area contributed by atoms with E-state index >= 15 is 0 Å². The molecule has 0 amide bonds. The molecule has 0 heterocycles. The van der Waals surface area contributed by atoms with Crippen LogP contribution in [0, 0.1) is 6.92 Å². The third-order valence-corrected chi connectivity index (χ3v) is 3.18. The van der Waals surface area contributed by atoms with Crippen LogP contribution in [0.25, 0.3) is 0 Å². The molecule has 1 rings (SSSR count). The number of nitrogens with one attached hydrogen (secondary N) is 1. The summed E-state index contributed by atoms with van der Waals surface area (Å²) in [6, 6.07) is 4.44. The van der Waals surface area contributed by atoms with Gasteiger partial charge in [-0.25, -0.2) is 0 Å². The molecule has 0 saturated heterocycles. The third kappa shape index (κ3) is 3.74. The van der Waals surface area contributed by atoms with Gasteiger partial charge in [0.1, 0.15) is 5.75 Å². The van der Waals surface area contributed by atoms with Gasteiger partial charge in [-0.1, -0.05) is 33.8 Å². The zero-order valence-corrected chi connectivity index (χ0v) is 12.7. The van der Waals surface area contributed by atoms with Gasteiger partial charge in [-0.2, -0.15) is 0 Å². The molecule has 0 aromatic heterocycles. The molecular weight excluding hydrogens is 222 g/mol. The van der Waals surface area contributed by atoms with Crippen LogP contribution in [0.4, 0.5) is 0 Å². The minimum Gasteiger partial charge on any atom is -0.496 e. The summed E-state index contributed by atoms with van der Waals surface area (Å²) in [5.41, 5.74) is 4.11. The molecule has 0 radical (unpaired) electrons. The standard InChI is InChI=1S/C16H27NO/c1-7-8-17-11-13-9-12(2)14(16(3,4)5)10-15(13)18-6/h9-10,17H,7-8,11H2,1-6H3. The average molecular weight is 249 g/mol. The van der Waals surface area contributed by atoms with Gasteiger partial charge in [0.15, 0.2) is 0 Å².